The fraction of sp³-hybridized carbons (Fsp3) is 0.600. The van der Waals surface area contributed by atoms with Crippen molar-refractivity contribution in [2.24, 2.45) is 5.92 Å². The standard InChI is InChI=1S/C15H20O2/c16-14(10-12-1-2-12)5-3-11-4-6-15-13(9-11)7-8-17-15/h4,6,9,12,14,16H,1-3,5,7-8,10H2. The fourth-order valence-electron chi connectivity index (χ4n) is 2.58. The Hall–Kier alpha value is -1.02. The van der Waals surface area contributed by atoms with Gasteiger partial charge in [0.05, 0.1) is 12.7 Å². The molecule has 1 atom stereocenters. The second kappa shape index (κ2) is 4.69. The average Bonchev–Trinajstić information content (AvgIpc) is 3.01. The minimum Gasteiger partial charge on any atom is -0.493 e. The first-order valence-electron chi connectivity index (χ1n) is 6.74. The molecule has 2 nitrogen and oxygen atoms in total. The van der Waals surface area contributed by atoms with Crippen molar-refractivity contribution < 1.29 is 9.84 Å². The molecule has 1 unspecified atom stereocenters. The van der Waals surface area contributed by atoms with E-state index in [0.717, 1.165) is 44.0 Å². The van der Waals surface area contributed by atoms with E-state index in [4.69, 9.17) is 4.74 Å². The predicted octanol–water partition coefficient (Wildman–Crippen LogP) is 2.72. The second-order valence-corrected chi connectivity index (χ2v) is 5.41. The van der Waals surface area contributed by atoms with E-state index in [1.54, 1.807) is 0 Å². The van der Waals surface area contributed by atoms with Gasteiger partial charge in [0, 0.05) is 6.42 Å². The lowest BCUT2D eigenvalue weighted by molar-refractivity contribution is 0.148. The van der Waals surface area contributed by atoms with Gasteiger partial charge >= 0.3 is 0 Å². The highest BCUT2D eigenvalue weighted by molar-refractivity contribution is 5.39. The molecule has 0 radical (unpaired) electrons. The van der Waals surface area contributed by atoms with E-state index in [2.05, 4.69) is 18.2 Å². The second-order valence-electron chi connectivity index (χ2n) is 5.41. The quantitative estimate of drug-likeness (QED) is 0.845. The summed E-state index contributed by atoms with van der Waals surface area (Å²) in [5, 5.41) is 9.89. The van der Waals surface area contributed by atoms with Gasteiger partial charge in [0.15, 0.2) is 0 Å². The molecule has 1 saturated carbocycles. The Kier molecular flexibility index (Phi) is 3.06. The minimum atomic E-state index is -0.105. The Labute approximate surface area is 103 Å². The first-order valence-corrected chi connectivity index (χ1v) is 6.74. The molecule has 1 aliphatic heterocycles. The molecule has 0 spiro atoms. The van der Waals surface area contributed by atoms with Crippen molar-refractivity contribution in [2.45, 2.75) is 44.6 Å². The Balaban J connectivity index is 1.53. The van der Waals surface area contributed by atoms with Gasteiger partial charge in [0.25, 0.3) is 0 Å². The molecule has 92 valence electrons. The lowest BCUT2D eigenvalue weighted by Gasteiger charge is -2.10. The third kappa shape index (κ3) is 2.81. The van der Waals surface area contributed by atoms with Crippen LogP contribution in [-0.2, 0) is 12.8 Å². The molecule has 2 heteroatoms. The van der Waals surface area contributed by atoms with Crippen LogP contribution in [0, 0.1) is 5.92 Å². The zero-order valence-corrected chi connectivity index (χ0v) is 10.2. The summed E-state index contributed by atoms with van der Waals surface area (Å²) in [5.41, 5.74) is 2.67. The Morgan fingerprint density at radius 2 is 2.24 bits per heavy atom. The summed E-state index contributed by atoms with van der Waals surface area (Å²) in [6.45, 7) is 0.823. The molecule has 0 aromatic heterocycles. The summed E-state index contributed by atoms with van der Waals surface area (Å²) in [6, 6.07) is 6.45. The molecule has 0 saturated heterocycles. The van der Waals surface area contributed by atoms with Crippen LogP contribution in [-0.4, -0.2) is 17.8 Å². The number of hydrogen-bond acceptors (Lipinski definition) is 2. The van der Waals surface area contributed by atoms with Crippen molar-refractivity contribution >= 4 is 0 Å². The van der Waals surface area contributed by atoms with E-state index in [9.17, 15) is 5.11 Å². The average molecular weight is 232 g/mol. The summed E-state index contributed by atoms with van der Waals surface area (Å²) in [7, 11) is 0. The third-order valence-corrected chi connectivity index (χ3v) is 3.82. The lowest BCUT2D eigenvalue weighted by atomic mass is 10.0. The monoisotopic (exact) mass is 232 g/mol. The zero-order chi connectivity index (χ0) is 11.7. The Morgan fingerprint density at radius 1 is 1.35 bits per heavy atom. The molecule has 1 aromatic carbocycles. The molecule has 0 amide bonds. The van der Waals surface area contributed by atoms with E-state index < -0.39 is 0 Å². The molecule has 1 aliphatic carbocycles. The van der Waals surface area contributed by atoms with Crippen molar-refractivity contribution in [1.82, 2.24) is 0 Å². The van der Waals surface area contributed by atoms with Gasteiger partial charge in [-0.1, -0.05) is 25.0 Å². The number of ether oxygens (including phenoxy) is 1. The Morgan fingerprint density at radius 3 is 3.06 bits per heavy atom. The van der Waals surface area contributed by atoms with Crippen LogP contribution in [0.5, 0.6) is 5.75 Å². The SMILES string of the molecule is OC(CCc1ccc2c(c1)CCO2)CC1CC1. The minimum absolute atomic E-state index is 0.105. The van der Waals surface area contributed by atoms with Crippen molar-refractivity contribution in [2.75, 3.05) is 6.61 Å². The van der Waals surface area contributed by atoms with Crippen molar-refractivity contribution in [3.63, 3.8) is 0 Å². The molecule has 1 fully saturated rings. The fourth-order valence-corrected chi connectivity index (χ4v) is 2.58. The van der Waals surface area contributed by atoms with Gasteiger partial charge < -0.3 is 9.84 Å². The normalized spacial score (nSPS) is 19.8. The highest BCUT2D eigenvalue weighted by Crippen LogP contribution is 2.34. The van der Waals surface area contributed by atoms with Crippen LogP contribution in [0.1, 0.15) is 36.8 Å². The van der Waals surface area contributed by atoms with E-state index in [-0.39, 0.29) is 6.10 Å². The van der Waals surface area contributed by atoms with Crippen LogP contribution < -0.4 is 4.74 Å². The zero-order valence-electron chi connectivity index (χ0n) is 10.2. The molecule has 1 N–H and O–H groups in total. The smallest absolute Gasteiger partial charge is 0.122 e. The van der Waals surface area contributed by atoms with Crippen molar-refractivity contribution in [3.05, 3.63) is 29.3 Å². The number of aliphatic hydroxyl groups is 1. The topological polar surface area (TPSA) is 29.5 Å². The third-order valence-electron chi connectivity index (χ3n) is 3.82. The van der Waals surface area contributed by atoms with Crippen LogP contribution in [0.4, 0.5) is 0 Å². The lowest BCUT2D eigenvalue weighted by Crippen LogP contribution is -2.08. The van der Waals surface area contributed by atoms with Crippen LogP contribution in [0.25, 0.3) is 0 Å². The predicted molar refractivity (Wildman–Crippen MR) is 67.3 cm³/mol. The Bertz CT molecular complexity index is 396. The molecular formula is C15H20O2. The number of aryl methyl sites for hydroxylation is 1. The van der Waals surface area contributed by atoms with Gasteiger partial charge in [-0.05, 0) is 42.4 Å². The van der Waals surface area contributed by atoms with Crippen LogP contribution >= 0.6 is 0 Å². The summed E-state index contributed by atoms with van der Waals surface area (Å²) >= 11 is 0. The highest BCUT2D eigenvalue weighted by Gasteiger charge is 2.24. The first kappa shape index (κ1) is 11.1. The summed E-state index contributed by atoms with van der Waals surface area (Å²) in [5.74, 6) is 1.87. The molecule has 2 aliphatic rings. The molecule has 0 bridgehead atoms. The van der Waals surface area contributed by atoms with E-state index in [1.165, 1.54) is 24.0 Å². The molecule has 3 rings (SSSR count). The van der Waals surface area contributed by atoms with Gasteiger partial charge in [-0.25, -0.2) is 0 Å². The maximum atomic E-state index is 9.89. The molecule has 17 heavy (non-hydrogen) atoms. The summed E-state index contributed by atoms with van der Waals surface area (Å²) in [6.07, 6.45) is 6.48. The largest absolute Gasteiger partial charge is 0.493 e. The van der Waals surface area contributed by atoms with Crippen LogP contribution in [0.3, 0.4) is 0 Å². The number of hydrogen-bond donors (Lipinski definition) is 1. The molecular weight excluding hydrogens is 212 g/mol. The number of rotatable bonds is 5. The van der Waals surface area contributed by atoms with Gasteiger partial charge in [-0.2, -0.15) is 0 Å². The summed E-state index contributed by atoms with van der Waals surface area (Å²) < 4.78 is 5.49. The number of benzene rings is 1. The van der Waals surface area contributed by atoms with Gasteiger partial charge in [0.1, 0.15) is 5.75 Å². The van der Waals surface area contributed by atoms with Crippen LogP contribution in [0.2, 0.25) is 0 Å². The van der Waals surface area contributed by atoms with E-state index in [1.807, 2.05) is 0 Å². The molecule has 1 aromatic rings. The van der Waals surface area contributed by atoms with Crippen molar-refractivity contribution in [1.29, 1.82) is 0 Å². The van der Waals surface area contributed by atoms with Gasteiger partial charge in [-0.3, -0.25) is 0 Å². The summed E-state index contributed by atoms with van der Waals surface area (Å²) in [4.78, 5) is 0. The van der Waals surface area contributed by atoms with Gasteiger partial charge in [-0.15, -0.1) is 0 Å². The maximum absolute atomic E-state index is 9.89. The first-order chi connectivity index (χ1) is 8.31. The number of aliphatic hydroxyl groups excluding tert-OH is 1. The molecule has 1 heterocycles. The number of fused-ring (bicyclic) bond motifs is 1. The van der Waals surface area contributed by atoms with Crippen molar-refractivity contribution in [3.8, 4) is 5.75 Å². The highest BCUT2D eigenvalue weighted by atomic mass is 16.5. The van der Waals surface area contributed by atoms with Gasteiger partial charge in [0.2, 0.25) is 0 Å². The van der Waals surface area contributed by atoms with E-state index >= 15 is 0 Å². The van der Waals surface area contributed by atoms with E-state index in [0.29, 0.717) is 0 Å². The maximum Gasteiger partial charge on any atom is 0.122 e. The van der Waals surface area contributed by atoms with Crippen LogP contribution in [0.15, 0.2) is 18.2 Å².